The molecule has 1 aliphatic rings. The molecular weight excluding hydrogens is 537 g/mol. The van der Waals surface area contributed by atoms with Crippen molar-refractivity contribution in [1.82, 2.24) is 9.69 Å². The van der Waals surface area contributed by atoms with Gasteiger partial charge in [0.1, 0.15) is 29.9 Å². The minimum absolute atomic E-state index is 0.0911. The first-order valence-corrected chi connectivity index (χ1v) is 13.0. The lowest BCUT2D eigenvalue weighted by Gasteiger charge is -2.32. The smallest absolute Gasteiger partial charge is 0.273 e. The molecule has 10 nitrogen and oxygen atoms in total. The number of carbonyl (C=O) groups is 3. The Morgan fingerprint density at radius 3 is 2.38 bits per heavy atom. The van der Waals surface area contributed by atoms with Crippen molar-refractivity contribution in [2.24, 2.45) is 5.73 Å². The molecule has 0 spiro atoms. The summed E-state index contributed by atoms with van der Waals surface area (Å²) in [5.74, 6) is -1.82. The molecule has 3 amide bonds. The SMILES string of the molecule is NC(=O)c1nsc(C(=O)N(c2ccc3c(c2)OCCO3)[C@@H](C(=O)NCc2ccccc2)c2ccc(F)cc2)c1N. The van der Waals surface area contributed by atoms with Gasteiger partial charge in [-0.1, -0.05) is 42.5 Å². The number of anilines is 2. The second-order valence-corrected chi connectivity index (χ2v) is 9.57. The second-order valence-electron chi connectivity index (χ2n) is 8.80. The van der Waals surface area contributed by atoms with Crippen LogP contribution in [0.3, 0.4) is 0 Å². The van der Waals surface area contributed by atoms with Crippen molar-refractivity contribution in [3.63, 3.8) is 0 Å². The van der Waals surface area contributed by atoms with Gasteiger partial charge in [-0.25, -0.2) is 4.39 Å². The van der Waals surface area contributed by atoms with Crippen molar-refractivity contribution in [2.45, 2.75) is 12.6 Å². The molecule has 0 radical (unpaired) electrons. The number of ether oxygens (including phenoxy) is 2. The van der Waals surface area contributed by atoms with Crippen molar-refractivity contribution in [3.8, 4) is 11.5 Å². The topological polar surface area (TPSA) is 150 Å². The third-order valence-corrected chi connectivity index (χ3v) is 7.03. The number of benzene rings is 3. The molecule has 1 aliphatic heterocycles. The normalized spacial score (nSPS) is 12.8. The maximum absolute atomic E-state index is 14.2. The fraction of sp³-hybridized carbons (Fsp3) is 0.143. The molecule has 2 heterocycles. The minimum atomic E-state index is -1.28. The molecule has 3 aromatic carbocycles. The first kappa shape index (κ1) is 26.6. The number of primary amides is 1. The number of carbonyl (C=O) groups excluding carboxylic acids is 3. The molecule has 0 fully saturated rings. The van der Waals surface area contributed by atoms with E-state index >= 15 is 0 Å². The molecule has 4 aromatic rings. The summed E-state index contributed by atoms with van der Waals surface area (Å²) >= 11 is 0.687. The van der Waals surface area contributed by atoms with Gasteiger partial charge < -0.3 is 26.3 Å². The van der Waals surface area contributed by atoms with E-state index in [9.17, 15) is 18.8 Å². The van der Waals surface area contributed by atoms with Gasteiger partial charge in [-0.05, 0) is 46.9 Å². The van der Waals surface area contributed by atoms with Crippen LogP contribution in [0.5, 0.6) is 11.5 Å². The third-order valence-electron chi connectivity index (χ3n) is 6.18. The van der Waals surface area contributed by atoms with E-state index in [0.29, 0.717) is 41.8 Å². The summed E-state index contributed by atoms with van der Waals surface area (Å²) < 4.78 is 29.2. The zero-order chi connectivity index (χ0) is 28.2. The van der Waals surface area contributed by atoms with Gasteiger partial charge in [0.25, 0.3) is 11.8 Å². The maximum Gasteiger partial charge on any atom is 0.273 e. The number of nitrogens with two attached hydrogens (primary N) is 2. The molecule has 204 valence electrons. The lowest BCUT2D eigenvalue weighted by molar-refractivity contribution is -0.122. The number of fused-ring (bicyclic) bond motifs is 1. The molecule has 0 saturated carbocycles. The lowest BCUT2D eigenvalue weighted by atomic mass is 10.0. The zero-order valence-corrected chi connectivity index (χ0v) is 21.8. The highest BCUT2D eigenvalue weighted by molar-refractivity contribution is 7.09. The van der Waals surface area contributed by atoms with E-state index in [0.717, 1.165) is 5.56 Å². The van der Waals surface area contributed by atoms with Crippen LogP contribution in [0.1, 0.15) is 37.3 Å². The average Bonchev–Trinajstić information content (AvgIpc) is 3.36. The molecular formula is C28H24FN5O5S. The molecule has 0 aliphatic carbocycles. The predicted molar refractivity (Wildman–Crippen MR) is 147 cm³/mol. The van der Waals surface area contributed by atoms with Gasteiger partial charge in [0.2, 0.25) is 5.91 Å². The Kier molecular flexibility index (Phi) is 7.60. The van der Waals surface area contributed by atoms with Crippen LogP contribution in [0.4, 0.5) is 15.8 Å². The van der Waals surface area contributed by atoms with Gasteiger partial charge in [0, 0.05) is 18.3 Å². The summed E-state index contributed by atoms with van der Waals surface area (Å²) in [6.45, 7) is 0.838. The van der Waals surface area contributed by atoms with Crippen LogP contribution in [0.2, 0.25) is 0 Å². The number of nitrogens with zero attached hydrogens (tertiary/aromatic N) is 2. The zero-order valence-electron chi connectivity index (χ0n) is 21.0. The molecule has 5 rings (SSSR count). The van der Waals surface area contributed by atoms with E-state index in [4.69, 9.17) is 20.9 Å². The van der Waals surface area contributed by atoms with Crippen LogP contribution >= 0.6 is 11.5 Å². The van der Waals surface area contributed by atoms with Crippen LogP contribution in [0, 0.1) is 5.82 Å². The second kappa shape index (κ2) is 11.4. The Morgan fingerprint density at radius 2 is 1.70 bits per heavy atom. The first-order valence-electron chi connectivity index (χ1n) is 12.2. The van der Waals surface area contributed by atoms with Crippen molar-refractivity contribution in [1.29, 1.82) is 0 Å². The quantitative estimate of drug-likeness (QED) is 0.298. The monoisotopic (exact) mass is 561 g/mol. The van der Waals surface area contributed by atoms with Crippen LogP contribution in [-0.2, 0) is 11.3 Å². The minimum Gasteiger partial charge on any atom is -0.486 e. The van der Waals surface area contributed by atoms with Crippen LogP contribution in [0.25, 0.3) is 0 Å². The Morgan fingerprint density at radius 1 is 1.00 bits per heavy atom. The number of rotatable bonds is 8. The fourth-order valence-electron chi connectivity index (χ4n) is 4.25. The number of aromatic nitrogens is 1. The summed E-state index contributed by atoms with van der Waals surface area (Å²) in [7, 11) is 0. The number of nitrogen functional groups attached to an aromatic ring is 1. The van der Waals surface area contributed by atoms with E-state index in [1.165, 1.54) is 29.2 Å². The maximum atomic E-state index is 14.2. The molecule has 0 unspecified atom stereocenters. The highest BCUT2D eigenvalue weighted by Gasteiger charge is 2.36. The molecule has 5 N–H and O–H groups in total. The van der Waals surface area contributed by atoms with Gasteiger partial charge in [-0.2, -0.15) is 4.37 Å². The van der Waals surface area contributed by atoms with Crippen LogP contribution in [-0.4, -0.2) is 35.3 Å². The molecule has 12 heteroatoms. The molecule has 1 aromatic heterocycles. The average molecular weight is 562 g/mol. The Hall–Kier alpha value is -4.97. The fourth-order valence-corrected chi connectivity index (χ4v) is 4.99. The summed E-state index contributed by atoms with van der Waals surface area (Å²) in [4.78, 5) is 41.0. The molecule has 1 atom stereocenters. The molecule has 0 bridgehead atoms. The van der Waals surface area contributed by atoms with Crippen molar-refractivity contribution in [3.05, 3.63) is 100 Å². The van der Waals surface area contributed by atoms with E-state index in [1.54, 1.807) is 18.2 Å². The Bertz CT molecular complexity index is 1560. The van der Waals surface area contributed by atoms with E-state index in [-0.39, 0.29) is 28.5 Å². The largest absolute Gasteiger partial charge is 0.486 e. The first-order chi connectivity index (χ1) is 19.3. The van der Waals surface area contributed by atoms with Crippen LogP contribution in [0.15, 0.2) is 72.8 Å². The summed E-state index contributed by atoms with van der Waals surface area (Å²) in [6, 6.07) is 18.0. The molecule has 0 saturated heterocycles. The number of nitrogens with one attached hydrogen (secondary N) is 1. The lowest BCUT2D eigenvalue weighted by Crippen LogP contribution is -2.44. The van der Waals surface area contributed by atoms with E-state index in [1.807, 2.05) is 30.3 Å². The highest BCUT2D eigenvalue weighted by Crippen LogP contribution is 2.39. The van der Waals surface area contributed by atoms with Gasteiger partial charge >= 0.3 is 0 Å². The predicted octanol–water partition coefficient (Wildman–Crippen LogP) is 3.44. The van der Waals surface area contributed by atoms with Gasteiger partial charge in [0.15, 0.2) is 17.2 Å². The van der Waals surface area contributed by atoms with Crippen molar-refractivity contribution < 1.29 is 28.2 Å². The van der Waals surface area contributed by atoms with Gasteiger partial charge in [-0.15, -0.1) is 0 Å². The highest BCUT2D eigenvalue weighted by atomic mass is 32.1. The van der Waals surface area contributed by atoms with Gasteiger partial charge in [-0.3, -0.25) is 19.3 Å². The number of amides is 3. The van der Waals surface area contributed by atoms with Crippen LogP contribution < -0.4 is 31.2 Å². The number of hydrogen-bond acceptors (Lipinski definition) is 8. The summed E-state index contributed by atoms with van der Waals surface area (Å²) in [5, 5.41) is 2.87. The van der Waals surface area contributed by atoms with Crippen molar-refractivity contribution >= 4 is 40.6 Å². The van der Waals surface area contributed by atoms with E-state index < -0.39 is 29.6 Å². The summed E-state index contributed by atoms with van der Waals surface area (Å²) in [6.07, 6.45) is 0. The summed E-state index contributed by atoms with van der Waals surface area (Å²) in [5.41, 5.74) is 12.5. The Balaban J connectivity index is 1.63. The van der Waals surface area contributed by atoms with Gasteiger partial charge in [0.05, 0.1) is 5.69 Å². The third kappa shape index (κ3) is 5.43. The standard InChI is InChI=1S/C28H24FN5O5S/c29-18-8-6-17(7-9-18)24(27(36)32-15-16-4-2-1-3-5-16)34(19-10-11-20-21(14-19)39-13-12-38-20)28(37)25-22(30)23(26(31)35)33-40-25/h1-11,14,24H,12-13,15,30H2,(H2,31,35)(H,32,36)/t24-/m1/s1. The number of hydrogen-bond donors (Lipinski definition) is 3. The molecule has 40 heavy (non-hydrogen) atoms. The number of halogens is 1. The van der Waals surface area contributed by atoms with E-state index in [2.05, 4.69) is 9.69 Å². The Labute approximate surface area is 232 Å². The van der Waals surface area contributed by atoms with Crippen molar-refractivity contribution in [2.75, 3.05) is 23.8 Å².